The van der Waals surface area contributed by atoms with E-state index < -0.39 is 27.7 Å². The van der Waals surface area contributed by atoms with Crippen LogP contribution in [0.15, 0.2) is 71.6 Å². The largest absolute Gasteiger partial charge is 0.497 e. The van der Waals surface area contributed by atoms with Crippen molar-refractivity contribution in [2.45, 2.75) is 30.7 Å². The first-order valence-electron chi connectivity index (χ1n) is 12.4. The Morgan fingerprint density at radius 2 is 1.78 bits per heavy atom. The van der Waals surface area contributed by atoms with Gasteiger partial charge in [0, 0.05) is 17.3 Å². The van der Waals surface area contributed by atoms with Gasteiger partial charge >= 0.3 is 5.97 Å². The minimum atomic E-state index is -4.15. The minimum Gasteiger partial charge on any atom is -0.497 e. The predicted molar refractivity (Wildman–Crippen MR) is 146 cm³/mol. The summed E-state index contributed by atoms with van der Waals surface area (Å²) in [5.41, 5.74) is 0.168. The van der Waals surface area contributed by atoms with Gasteiger partial charge in [-0.3, -0.25) is 4.79 Å². The number of halogens is 1. The first-order valence-corrected chi connectivity index (χ1v) is 13.9. The van der Waals surface area contributed by atoms with Crippen LogP contribution < -0.4 is 19.5 Å². The number of carboxylic acid groups (broad SMARTS) is 1. The van der Waals surface area contributed by atoms with E-state index in [2.05, 4.69) is 15.1 Å². The molecule has 1 aliphatic carbocycles. The third kappa shape index (κ3) is 5.90. The maximum atomic E-state index is 14.1. The molecule has 0 atom stereocenters. The number of anilines is 1. The SMILES string of the molecule is COc1ccc(-n2nc(C(=O)O)c(C)c2Oc2ccc(NC(=O)c3ccccc3F)cc2S(=O)(=O)NC2CC2)cc1. The quantitative estimate of drug-likeness (QED) is 0.248. The smallest absolute Gasteiger partial charge is 0.356 e. The molecule has 1 heterocycles. The van der Waals surface area contributed by atoms with E-state index in [0.717, 1.165) is 6.07 Å². The number of hydrogen-bond donors (Lipinski definition) is 3. The number of amides is 1. The lowest BCUT2D eigenvalue weighted by atomic mass is 10.2. The zero-order valence-corrected chi connectivity index (χ0v) is 22.7. The van der Waals surface area contributed by atoms with Crippen LogP contribution in [0.4, 0.5) is 10.1 Å². The number of aromatic carboxylic acids is 1. The zero-order chi connectivity index (χ0) is 29.3. The van der Waals surface area contributed by atoms with Gasteiger partial charge in [-0.25, -0.2) is 22.3 Å². The Bertz CT molecular complexity index is 1750. The molecule has 4 aromatic rings. The second-order valence-corrected chi connectivity index (χ2v) is 11.0. The third-order valence-electron chi connectivity index (χ3n) is 6.30. The standard InChI is InChI=1S/C28H25FN4O7S/c1-16-25(28(35)36)31-33(19-10-12-20(39-2)13-11-19)27(16)40-23-14-9-18(15-24(23)41(37,38)32-17-7-8-17)30-26(34)21-5-3-4-6-22(21)29/h3-6,9-15,17,32H,7-8H2,1-2H3,(H,30,34)(H,35,36). The number of nitrogens with one attached hydrogen (secondary N) is 2. The number of carbonyl (C=O) groups is 2. The van der Waals surface area contributed by atoms with Crippen molar-refractivity contribution >= 4 is 27.6 Å². The van der Waals surface area contributed by atoms with Gasteiger partial charge in [0.15, 0.2) is 5.69 Å². The van der Waals surface area contributed by atoms with Gasteiger partial charge in [-0.05, 0) is 74.4 Å². The van der Waals surface area contributed by atoms with E-state index in [4.69, 9.17) is 9.47 Å². The van der Waals surface area contributed by atoms with Gasteiger partial charge in [-0.1, -0.05) is 12.1 Å². The average molecular weight is 581 g/mol. The summed E-state index contributed by atoms with van der Waals surface area (Å²) in [4.78, 5) is 24.3. The monoisotopic (exact) mass is 580 g/mol. The van der Waals surface area contributed by atoms with Gasteiger partial charge in [0.05, 0.1) is 18.4 Å². The normalized spacial score (nSPS) is 13.0. The van der Waals surface area contributed by atoms with E-state index in [1.165, 1.54) is 55.1 Å². The lowest BCUT2D eigenvalue weighted by Crippen LogP contribution is -2.26. The Morgan fingerprint density at radius 1 is 1.07 bits per heavy atom. The van der Waals surface area contributed by atoms with Crippen LogP contribution in [0.25, 0.3) is 5.69 Å². The summed E-state index contributed by atoms with van der Waals surface area (Å²) in [5, 5.41) is 16.4. The van der Waals surface area contributed by atoms with E-state index in [-0.39, 0.29) is 45.1 Å². The van der Waals surface area contributed by atoms with Crippen LogP contribution in [0.2, 0.25) is 0 Å². The Morgan fingerprint density at radius 3 is 2.41 bits per heavy atom. The molecule has 1 saturated carbocycles. The molecule has 13 heteroatoms. The van der Waals surface area contributed by atoms with Gasteiger partial charge in [0.2, 0.25) is 15.9 Å². The number of benzene rings is 3. The van der Waals surface area contributed by atoms with Gasteiger partial charge in [-0.2, -0.15) is 9.78 Å². The first kappa shape index (κ1) is 27.8. The number of sulfonamides is 1. The van der Waals surface area contributed by atoms with Crippen molar-refractivity contribution in [3.63, 3.8) is 0 Å². The molecular formula is C28H25FN4O7S. The van der Waals surface area contributed by atoms with Crippen molar-refractivity contribution in [2.75, 3.05) is 12.4 Å². The second kappa shape index (κ2) is 11.0. The van der Waals surface area contributed by atoms with Crippen molar-refractivity contribution in [1.82, 2.24) is 14.5 Å². The summed E-state index contributed by atoms with van der Waals surface area (Å²) in [6.45, 7) is 1.49. The Kier molecular flexibility index (Phi) is 7.47. The van der Waals surface area contributed by atoms with E-state index in [1.54, 1.807) is 24.3 Å². The number of methoxy groups -OCH3 is 1. The first-order chi connectivity index (χ1) is 19.6. The summed E-state index contributed by atoms with van der Waals surface area (Å²) in [7, 11) is -2.65. The van der Waals surface area contributed by atoms with Crippen LogP contribution in [0, 0.1) is 12.7 Å². The van der Waals surface area contributed by atoms with Gasteiger partial charge in [-0.15, -0.1) is 0 Å². The molecule has 11 nitrogen and oxygen atoms in total. The highest BCUT2D eigenvalue weighted by atomic mass is 32.2. The van der Waals surface area contributed by atoms with Crippen molar-refractivity contribution in [3.8, 4) is 23.1 Å². The molecule has 3 aromatic carbocycles. The molecule has 0 spiro atoms. The average Bonchev–Trinajstić information content (AvgIpc) is 3.70. The molecule has 5 rings (SSSR count). The Balaban J connectivity index is 1.57. The van der Waals surface area contributed by atoms with E-state index in [9.17, 15) is 27.5 Å². The molecule has 3 N–H and O–H groups in total. The maximum Gasteiger partial charge on any atom is 0.356 e. The number of carboxylic acids is 1. The number of hydrogen-bond acceptors (Lipinski definition) is 7. The summed E-state index contributed by atoms with van der Waals surface area (Å²) in [6.07, 6.45) is 1.34. The van der Waals surface area contributed by atoms with Gasteiger partial charge in [0.25, 0.3) is 5.91 Å². The molecule has 212 valence electrons. The van der Waals surface area contributed by atoms with Gasteiger partial charge < -0.3 is 19.9 Å². The summed E-state index contributed by atoms with van der Waals surface area (Å²) in [5.74, 6) is -2.41. The fourth-order valence-electron chi connectivity index (χ4n) is 4.01. The molecule has 0 aliphatic heterocycles. The lowest BCUT2D eigenvalue weighted by molar-refractivity contribution is 0.0689. The molecule has 1 aromatic heterocycles. The summed E-state index contributed by atoms with van der Waals surface area (Å²) in [6, 6.07) is 15.6. The van der Waals surface area contributed by atoms with Crippen LogP contribution in [0.1, 0.15) is 39.3 Å². The van der Waals surface area contributed by atoms with Crippen LogP contribution in [0.3, 0.4) is 0 Å². The highest BCUT2D eigenvalue weighted by molar-refractivity contribution is 7.89. The molecule has 0 radical (unpaired) electrons. The topological polar surface area (TPSA) is 149 Å². The molecule has 1 fully saturated rings. The van der Waals surface area contributed by atoms with E-state index >= 15 is 0 Å². The molecule has 0 saturated heterocycles. The highest BCUT2D eigenvalue weighted by Gasteiger charge is 2.31. The fourth-order valence-corrected chi connectivity index (χ4v) is 5.47. The minimum absolute atomic E-state index is 0.0291. The molecule has 41 heavy (non-hydrogen) atoms. The van der Waals surface area contributed by atoms with Crippen LogP contribution in [-0.4, -0.2) is 48.3 Å². The lowest BCUT2D eigenvalue weighted by Gasteiger charge is -2.16. The van der Waals surface area contributed by atoms with Crippen molar-refractivity contribution < 1.29 is 37.0 Å². The van der Waals surface area contributed by atoms with Crippen molar-refractivity contribution in [1.29, 1.82) is 0 Å². The fraction of sp³-hybridized carbons (Fsp3) is 0.179. The number of ether oxygens (including phenoxy) is 2. The van der Waals surface area contributed by atoms with Crippen molar-refractivity contribution in [3.05, 3.63) is 89.4 Å². The second-order valence-electron chi connectivity index (χ2n) is 9.29. The highest BCUT2D eigenvalue weighted by Crippen LogP contribution is 2.36. The zero-order valence-electron chi connectivity index (χ0n) is 21.9. The number of nitrogens with zero attached hydrogens (tertiary/aromatic N) is 2. The van der Waals surface area contributed by atoms with Crippen molar-refractivity contribution in [2.24, 2.45) is 0 Å². The maximum absolute atomic E-state index is 14.1. The Labute approximate surface area is 234 Å². The molecular weight excluding hydrogens is 555 g/mol. The third-order valence-corrected chi connectivity index (χ3v) is 7.85. The van der Waals surface area contributed by atoms with E-state index in [0.29, 0.717) is 24.3 Å². The molecule has 0 bridgehead atoms. The van der Waals surface area contributed by atoms with Crippen LogP contribution in [-0.2, 0) is 10.0 Å². The number of aromatic nitrogens is 2. The van der Waals surface area contributed by atoms with Crippen LogP contribution in [0.5, 0.6) is 17.4 Å². The van der Waals surface area contributed by atoms with Crippen LogP contribution >= 0.6 is 0 Å². The summed E-state index contributed by atoms with van der Waals surface area (Å²) >= 11 is 0. The molecule has 0 unspecified atom stereocenters. The molecule has 1 amide bonds. The van der Waals surface area contributed by atoms with Gasteiger partial charge in [0.1, 0.15) is 22.2 Å². The summed E-state index contributed by atoms with van der Waals surface area (Å²) < 4.78 is 56.0. The number of carbonyl (C=O) groups excluding carboxylic acids is 1. The Hall–Kier alpha value is -4.75. The van der Waals surface area contributed by atoms with E-state index in [1.807, 2.05) is 0 Å². The predicted octanol–water partition coefficient (Wildman–Crippen LogP) is 4.51. The molecule has 1 aliphatic rings. The number of rotatable bonds is 10.